The van der Waals surface area contributed by atoms with Crippen LogP contribution in [0.3, 0.4) is 0 Å². The molecule has 1 N–H and O–H groups in total. The predicted octanol–water partition coefficient (Wildman–Crippen LogP) is 4.68. The quantitative estimate of drug-likeness (QED) is 0.450. The van der Waals surface area contributed by atoms with Gasteiger partial charge in [-0.3, -0.25) is 9.59 Å². The van der Waals surface area contributed by atoms with Crippen molar-refractivity contribution in [3.63, 3.8) is 0 Å². The third-order valence-electron chi connectivity index (χ3n) is 5.47. The lowest BCUT2D eigenvalue weighted by Gasteiger charge is -2.31. The standard InChI is InChI=1S/C28H31FN2O3/c1-3-17-30-28(33)26(18-22-7-5-4-6-8-22)31(19-23-11-9-21(2)10-12-23)27(32)20-34-25-15-13-24(29)14-16-25/h4-16,26H,3,17-20H2,1-2H3,(H,30,33). The number of carbonyl (C=O) groups is 2. The fraction of sp³-hybridized carbons (Fsp3) is 0.286. The third kappa shape index (κ3) is 7.44. The summed E-state index contributed by atoms with van der Waals surface area (Å²) in [6.45, 7) is 4.52. The summed E-state index contributed by atoms with van der Waals surface area (Å²) in [6, 6.07) is 22.3. The largest absolute Gasteiger partial charge is 0.484 e. The minimum absolute atomic E-state index is 0.201. The second-order valence-corrected chi connectivity index (χ2v) is 8.25. The Kier molecular flexibility index (Phi) is 9.21. The predicted molar refractivity (Wildman–Crippen MR) is 131 cm³/mol. The van der Waals surface area contributed by atoms with Crippen LogP contribution in [-0.2, 0) is 22.6 Å². The molecule has 0 saturated carbocycles. The molecule has 2 amide bonds. The van der Waals surface area contributed by atoms with Crippen LogP contribution in [0.15, 0.2) is 78.9 Å². The van der Waals surface area contributed by atoms with Crippen LogP contribution < -0.4 is 10.1 Å². The molecule has 5 nitrogen and oxygen atoms in total. The van der Waals surface area contributed by atoms with E-state index in [1.165, 1.54) is 24.3 Å². The number of hydrogen-bond donors (Lipinski definition) is 1. The molecular weight excluding hydrogens is 431 g/mol. The molecule has 34 heavy (non-hydrogen) atoms. The molecule has 0 radical (unpaired) electrons. The van der Waals surface area contributed by atoms with Gasteiger partial charge in [0, 0.05) is 19.5 Å². The van der Waals surface area contributed by atoms with E-state index in [0.717, 1.165) is 23.1 Å². The molecule has 178 valence electrons. The number of carbonyl (C=O) groups excluding carboxylic acids is 2. The molecule has 3 aromatic carbocycles. The van der Waals surface area contributed by atoms with Crippen molar-refractivity contribution >= 4 is 11.8 Å². The van der Waals surface area contributed by atoms with Gasteiger partial charge >= 0.3 is 0 Å². The Balaban J connectivity index is 1.87. The van der Waals surface area contributed by atoms with Crippen LogP contribution in [0, 0.1) is 12.7 Å². The minimum Gasteiger partial charge on any atom is -0.484 e. The molecule has 0 saturated heterocycles. The van der Waals surface area contributed by atoms with Crippen LogP contribution in [0.4, 0.5) is 4.39 Å². The molecule has 3 aromatic rings. The molecule has 0 aromatic heterocycles. The summed E-state index contributed by atoms with van der Waals surface area (Å²) < 4.78 is 18.8. The Labute approximate surface area is 200 Å². The molecule has 1 atom stereocenters. The maximum Gasteiger partial charge on any atom is 0.261 e. The van der Waals surface area contributed by atoms with E-state index in [4.69, 9.17) is 4.74 Å². The normalized spacial score (nSPS) is 11.5. The van der Waals surface area contributed by atoms with Crippen LogP contribution >= 0.6 is 0 Å². The highest BCUT2D eigenvalue weighted by molar-refractivity contribution is 5.88. The zero-order valence-corrected chi connectivity index (χ0v) is 19.7. The highest BCUT2D eigenvalue weighted by atomic mass is 19.1. The molecule has 0 aliphatic carbocycles. The van der Waals surface area contributed by atoms with Crippen LogP contribution in [-0.4, -0.2) is 35.9 Å². The van der Waals surface area contributed by atoms with E-state index in [1.54, 1.807) is 4.90 Å². The molecule has 0 aliphatic heterocycles. The number of nitrogens with zero attached hydrogens (tertiary/aromatic N) is 1. The van der Waals surface area contributed by atoms with Gasteiger partial charge in [0.15, 0.2) is 6.61 Å². The molecular formula is C28H31FN2O3. The molecule has 3 rings (SSSR count). The van der Waals surface area contributed by atoms with Crippen molar-refractivity contribution in [3.05, 3.63) is 101 Å². The van der Waals surface area contributed by atoms with Gasteiger partial charge in [-0.15, -0.1) is 0 Å². The molecule has 0 spiro atoms. The number of benzene rings is 3. The number of amides is 2. The number of hydrogen-bond acceptors (Lipinski definition) is 3. The Bertz CT molecular complexity index is 1050. The lowest BCUT2D eigenvalue weighted by Crippen LogP contribution is -2.51. The van der Waals surface area contributed by atoms with Crippen LogP contribution in [0.25, 0.3) is 0 Å². The summed E-state index contributed by atoms with van der Waals surface area (Å²) in [5.74, 6) is -0.513. The first-order chi connectivity index (χ1) is 16.5. The topological polar surface area (TPSA) is 58.6 Å². The second-order valence-electron chi connectivity index (χ2n) is 8.25. The van der Waals surface area contributed by atoms with Crippen molar-refractivity contribution < 1.29 is 18.7 Å². The van der Waals surface area contributed by atoms with Crippen LogP contribution in [0.1, 0.15) is 30.0 Å². The van der Waals surface area contributed by atoms with E-state index in [-0.39, 0.29) is 30.8 Å². The van der Waals surface area contributed by atoms with Crippen LogP contribution in [0.2, 0.25) is 0 Å². The summed E-state index contributed by atoms with van der Waals surface area (Å²) in [6.07, 6.45) is 1.17. The first kappa shape index (κ1) is 25.0. The maximum absolute atomic E-state index is 13.4. The van der Waals surface area contributed by atoms with Gasteiger partial charge in [-0.25, -0.2) is 4.39 Å². The van der Waals surface area contributed by atoms with E-state index < -0.39 is 6.04 Å². The lowest BCUT2D eigenvalue weighted by atomic mass is 10.0. The van der Waals surface area contributed by atoms with Gasteiger partial charge in [-0.05, 0) is 48.7 Å². The number of rotatable bonds is 11. The average Bonchev–Trinajstić information content (AvgIpc) is 2.86. The smallest absolute Gasteiger partial charge is 0.261 e. The summed E-state index contributed by atoms with van der Waals surface area (Å²) in [5.41, 5.74) is 2.99. The van der Waals surface area contributed by atoms with Crippen molar-refractivity contribution in [2.24, 2.45) is 0 Å². The van der Waals surface area contributed by atoms with E-state index >= 15 is 0 Å². The third-order valence-corrected chi connectivity index (χ3v) is 5.47. The first-order valence-electron chi connectivity index (χ1n) is 11.5. The summed E-state index contributed by atoms with van der Waals surface area (Å²) >= 11 is 0. The Hall–Kier alpha value is -3.67. The molecule has 6 heteroatoms. The van der Waals surface area contributed by atoms with Crippen molar-refractivity contribution in [2.45, 2.75) is 39.3 Å². The fourth-order valence-electron chi connectivity index (χ4n) is 3.57. The highest BCUT2D eigenvalue weighted by Gasteiger charge is 2.30. The van der Waals surface area contributed by atoms with Crippen molar-refractivity contribution in [2.75, 3.05) is 13.2 Å². The first-order valence-corrected chi connectivity index (χ1v) is 11.5. The molecule has 0 aliphatic rings. The molecule has 0 heterocycles. The maximum atomic E-state index is 13.4. The van der Waals surface area contributed by atoms with Gasteiger partial charge in [0.2, 0.25) is 5.91 Å². The Morgan fingerprint density at radius 2 is 1.62 bits per heavy atom. The summed E-state index contributed by atoms with van der Waals surface area (Å²) in [4.78, 5) is 28.2. The summed E-state index contributed by atoms with van der Waals surface area (Å²) in [5, 5.41) is 2.95. The monoisotopic (exact) mass is 462 g/mol. The number of aryl methyl sites for hydroxylation is 1. The van der Waals surface area contributed by atoms with Gasteiger partial charge in [0.05, 0.1) is 0 Å². The van der Waals surface area contributed by atoms with Gasteiger partial charge in [0.25, 0.3) is 5.91 Å². The summed E-state index contributed by atoms with van der Waals surface area (Å²) in [7, 11) is 0. The zero-order valence-electron chi connectivity index (χ0n) is 19.7. The van der Waals surface area contributed by atoms with E-state index in [9.17, 15) is 14.0 Å². The van der Waals surface area contributed by atoms with Gasteiger partial charge < -0.3 is 15.0 Å². The van der Waals surface area contributed by atoms with Gasteiger partial charge in [-0.1, -0.05) is 67.1 Å². The lowest BCUT2D eigenvalue weighted by molar-refractivity contribution is -0.142. The molecule has 0 fully saturated rings. The van der Waals surface area contributed by atoms with Gasteiger partial charge in [0.1, 0.15) is 17.6 Å². The Morgan fingerprint density at radius 3 is 2.26 bits per heavy atom. The minimum atomic E-state index is -0.709. The molecule has 1 unspecified atom stereocenters. The number of nitrogens with one attached hydrogen (secondary N) is 1. The zero-order chi connectivity index (χ0) is 24.3. The van der Waals surface area contributed by atoms with Gasteiger partial charge in [-0.2, -0.15) is 0 Å². The van der Waals surface area contributed by atoms with Crippen molar-refractivity contribution in [3.8, 4) is 5.75 Å². The van der Waals surface area contributed by atoms with Crippen molar-refractivity contribution in [1.29, 1.82) is 0 Å². The average molecular weight is 463 g/mol. The SMILES string of the molecule is CCCNC(=O)C(Cc1ccccc1)N(Cc1ccc(C)cc1)C(=O)COc1ccc(F)cc1. The van der Waals surface area contributed by atoms with E-state index in [1.807, 2.05) is 68.4 Å². The highest BCUT2D eigenvalue weighted by Crippen LogP contribution is 2.17. The second kappa shape index (κ2) is 12.5. The number of halogens is 1. The number of ether oxygens (including phenoxy) is 1. The fourth-order valence-corrected chi connectivity index (χ4v) is 3.57. The van der Waals surface area contributed by atoms with Crippen LogP contribution in [0.5, 0.6) is 5.75 Å². The molecule has 0 bridgehead atoms. The van der Waals surface area contributed by atoms with E-state index in [0.29, 0.717) is 18.7 Å². The van der Waals surface area contributed by atoms with E-state index in [2.05, 4.69) is 5.32 Å². The Morgan fingerprint density at radius 1 is 0.941 bits per heavy atom. The van der Waals surface area contributed by atoms with Crippen molar-refractivity contribution in [1.82, 2.24) is 10.2 Å².